The quantitative estimate of drug-likeness (QED) is 0.652. The van der Waals surface area contributed by atoms with E-state index in [0.29, 0.717) is 50.3 Å². The van der Waals surface area contributed by atoms with Gasteiger partial charge in [-0.3, -0.25) is 0 Å². The first-order valence-electron chi connectivity index (χ1n) is 7.93. The fourth-order valence-electron chi connectivity index (χ4n) is 2.48. The van der Waals surface area contributed by atoms with Crippen LogP contribution in [0.5, 0.6) is 0 Å². The molecule has 0 saturated carbocycles. The first-order chi connectivity index (χ1) is 11.6. The van der Waals surface area contributed by atoms with Gasteiger partial charge < -0.3 is 26.6 Å². The van der Waals surface area contributed by atoms with Crippen molar-refractivity contribution in [1.29, 1.82) is 5.26 Å². The van der Waals surface area contributed by atoms with Crippen LogP contribution in [-0.4, -0.2) is 49.2 Å². The monoisotopic (exact) mass is 330 g/mol. The molecule has 1 aromatic rings. The standard InChI is InChI=1S/C16H22N6O2/c17-7-8-19-15(23)20-14-5-9-22(10-6-14)16(24)21-13-3-1-12(11-18)2-4-13/h1-4,14H,5-10,17H2,(H,21,24)(H2,19,20,23). The SMILES string of the molecule is N#Cc1ccc(NC(=O)N2CCC(NC(=O)NCCN)CC2)cc1. The van der Waals surface area contributed by atoms with E-state index in [9.17, 15) is 9.59 Å². The van der Waals surface area contributed by atoms with Gasteiger partial charge in [-0.15, -0.1) is 0 Å². The summed E-state index contributed by atoms with van der Waals surface area (Å²) in [6, 6.07) is 8.41. The average molecular weight is 330 g/mol. The van der Waals surface area contributed by atoms with Crippen molar-refractivity contribution in [3.8, 4) is 6.07 Å². The summed E-state index contributed by atoms with van der Waals surface area (Å²) < 4.78 is 0. The van der Waals surface area contributed by atoms with Crippen LogP contribution in [0.25, 0.3) is 0 Å². The summed E-state index contributed by atoms with van der Waals surface area (Å²) in [5.74, 6) is 0. The number of nitrogens with one attached hydrogen (secondary N) is 3. The summed E-state index contributed by atoms with van der Waals surface area (Å²) >= 11 is 0. The Hall–Kier alpha value is -2.79. The van der Waals surface area contributed by atoms with Gasteiger partial charge in [-0.05, 0) is 37.1 Å². The molecule has 0 atom stereocenters. The molecule has 0 bridgehead atoms. The number of hydrogen-bond donors (Lipinski definition) is 4. The lowest BCUT2D eigenvalue weighted by molar-refractivity contribution is 0.187. The average Bonchev–Trinajstić information content (AvgIpc) is 2.61. The molecule has 1 fully saturated rings. The molecule has 0 aliphatic carbocycles. The number of nitrogens with zero attached hydrogens (tertiary/aromatic N) is 2. The van der Waals surface area contributed by atoms with Crippen LogP contribution in [0.2, 0.25) is 0 Å². The number of urea groups is 2. The third-order valence-electron chi connectivity index (χ3n) is 3.81. The third kappa shape index (κ3) is 5.14. The van der Waals surface area contributed by atoms with Gasteiger partial charge in [0.2, 0.25) is 0 Å². The minimum Gasteiger partial charge on any atom is -0.337 e. The number of anilines is 1. The minimum atomic E-state index is -0.221. The fourth-order valence-corrected chi connectivity index (χ4v) is 2.48. The highest BCUT2D eigenvalue weighted by Crippen LogP contribution is 2.14. The number of nitrogens with two attached hydrogens (primary N) is 1. The van der Waals surface area contributed by atoms with Gasteiger partial charge in [-0.2, -0.15) is 5.26 Å². The van der Waals surface area contributed by atoms with Crippen molar-refractivity contribution in [3.05, 3.63) is 29.8 Å². The maximum Gasteiger partial charge on any atom is 0.321 e. The number of carbonyl (C=O) groups is 2. The van der Waals surface area contributed by atoms with Crippen LogP contribution < -0.4 is 21.7 Å². The number of rotatable bonds is 4. The zero-order valence-corrected chi connectivity index (χ0v) is 13.4. The van der Waals surface area contributed by atoms with Crippen LogP contribution in [0.1, 0.15) is 18.4 Å². The second-order valence-electron chi connectivity index (χ2n) is 5.57. The van der Waals surface area contributed by atoms with E-state index in [-0.39, 0.29) is 18.1 Å². The molecular weight excluding hydrogens is 308 g/mol. The fraction of sp³-hybridized carbons (Fsp3) is 0.438. The van der Waals surface area contributed by atoms with Crippen LogP contribution in [-0.2, 0) is 0 Å². The van der Waals surface area contributed by atoms with Crippen molar-refractivity contribution in [2.45, 2.75) is 18.9 Å². The Morgan fingerprint density at radius 2 is 1.92 bits per heavy atom. The molecule has 1 aliphatic heterocycles. The molecule has 128 valence electrons. The molecule has 1 heterocycles. The van der Waals surface area contributed by atoms with E-state index < -0.39 is 0 Å². The van der Waals surface area contributed by atoms with Crippen molar-refractivity contribution < 1.29 is 9.59 Å². The van der Waals surface area contributed by atoms with Crippen molar-refractivity contribution >= 4 is 17.7 Å². The van der Waals surface area contributed by atoms with Crippen molar-refractivity contribution in [3.63, 3.8) is 0 Å². The molecule has 5 N–H and O–H groups in total. The topological polar surface area (TPSA) is 123 Å². The van der Waals surface area contributed by atoms with Crippen LogP contribution >= 0.6 is 0 Å². The van der Waals surface area contributed by atoms with Crippen molar-refractivity contribution in [2.75, 3.05) is 31.5 Å². The zero-order chi connectivity index (χ0) is 17.4. The van der Waals surface area contributed by atoms with Crippen molar-refractivity contribution in [2.24, 2.45) is 5.73 Å². The molecule has 0 aromatic heterocycles. The molecule has 1 saturated heterocycles. The minimum absolute atomic E-state index is 0.0572. The van der Waals surface area contributed by atoms with E-state index in [1.165, 1.54) is 0 Å². The predicted octanol–water partition coefficient (Wildman–Crippen LogP) is 0.812. The number of carbonyl (C=O) groups excluding carboxylic acids is 2. The summed E-state index contributed by atoms with van der Waals surface area (Å²) in [6.07, 6.45) is 1.41. The van der Waals surface area contributed by atoms with Gasteiger partial charge in [0.05, 0.1) is 11.6 Å². The van der Waals surface area contributed by atoms with E-state index in [1.807, 2.05) is 6.07 Å². The summed E-state index contributed by atoms with van der Waals surface area (Å²) in [5.41, 5.74) is 6.53. The number of hydrogen-bond acceptors (Lipinski definition) is 4. The van der Waals surface area contributed by atoms with Gasteiger partial charge in [0.1, 0.15) is 0 Å². The van der Waals surface area contributed by atoms with E-state index >= 15 is 0 Å². The normalized spacial score (nSPS) is 14.6. The molecule has 1 aromatic carbocycles. The first-order valence-corrected chi connectivity index (χ1v) is 7.93. The number of piperidine rings is 1. The first kappa shape index (κ1) is 17.6. The Bertz CT molecular complexity index is 602. The highest BCUT2D eigenvalue weighted by atomic mass is 16.2. The van der Waals surface area contributed by atoms with E-state index in [2.05, 4.69) is 16.0 Å². The largest absolute Gasteiger partial charge is 0.337 e. The molecule has 8 heteroatoms. The van der Waals surface area contributed by atoms with Gasteiger partial charge in [0, 0.05) is 37.9 Å². The molecule has 0 spiro atoms. The van der Waals surface area contributed by atoms with Gasteiger partial charge >= 0.3 is 12.1 Å². The second-order valence-corrected chi connectivity index (χ2v) is 5.57. The molecule has 1 aliphatic rings. The maximum atomic E-state index is 12.2. The second kappa shape index (κ2) is 8.74. The molecule has 2 rings (SSSR count). The highest BCUT2D eigenvalue weighted by Gasteiger charge is 2.23. The van der Waals surface area contributed by atoms with E-state index in [1.54, 1.807) is 29.2 Å². The summed E-state index contributed by atoms with van der Waals surface area (Å²) in [5, 5.41) is 17.1. The van der Waals surface area contributed by atoms with Crippen molar-refractivity contribution in [1.82, 2.24) is 15.5 Å². The van der Waals surface area contributed by atoms with E-state index in [4.69, 9.17) is 11.0 Å². The molecule has 24 heavy (non-hydrogen) atoms. The number of benzene rings is 1. The summed E-state index contributed by atoms with van der Waals surface area (Å²) in [6.45, 7) is 1.99. The Kier molecular flexibility index (Phi) is 6.40. The van der Waals surface area contributed by atoms with E-state index in [0.717, 1.165) is 0 Å². The van der Waals surface area contributed by atoms with Gasteiger partial charge in [0.15, 0.2) is 0 Å². The van der Waals surface area contributed by atoms with Gasteiger partial charge in [-0.25, -0.2) is 9.59 Å². The maximum absolute atomic E-state index is 12.2. The Morgan fingerprint density at radius 1 is 1.25 bits per heavy atom. The lowest BCUT2D eigenvalue weighted by atomic mass is 10.1. The van der Waals surface area contributed by atoms with Gasteiger partial charge in [-0.1, -0.05) is 0 Å². The molecule has 4 amide bonds. The smallest absolute Gasteiger partial charge is 0.321 e. The molecular formula is C16H22N6O2. The highest BCUT2D eigenvalue weighted by molar-refractivity contribution is 5.89. The Morgan fingerprint density at radius 3 is 2.50 bits per heavy atom. The van der Waals surface area contributed by atoms with Crippen LogP contribution in [0.15, 0.2) is 24.3 Å². The van der Waals surface area contributed by atoms with Crippen LogP contribution in [0.4, 0.5) is 15.3 Å². The van der Waals surface area contributed by atoms with Crippen LogP contribution in [0.3, 0.4) is 0 Å². The van der Waals surface area contributed by atoms with Crippen LogP contribution in [0, 0.1) is 11.3 Å². The lowest BCUT2D eigenvalue weighted by Crippen LogP contribution is -2.50. The molecule has 0 radical (unpaired) electrons. The number of likely N-dealkylation sites (tertiary alicyclic amines) is 1. The summed E-state index contributed by atoms with van der Waals surface area (Å²) in [7, 11) is 0. The molecule has 0 unspecified atom stereocenters. The molecule has 8 nitrogen and oxygen atoms in total. The summed E-state index contributed by atoms with van der Waals surface area (Å²) in [4.78, 5) is 25.5. The lowest BCUT2D eigenvalue weighted by Gasteiger charge is -2.32. The number of amides is 4. The Balaban J connectivity index is 1.76. The predicted molar refractivity (Wildman–Crippen MR) is 90.4 cm³/mol. The number of nitriles is 1. The third-order valence-corrected chi connectivity index (χ3v) is 3.81. The zero-order valence-electron chi connectivity index (χ0n) is 13.4. The van der Waals surface area contributed by atoms with Gasteiger partial charge in [0.25, 0.3) is 0 Å². The Labute approximate surface area is 141 Å².